The van der Waals surface area contributed by atoms with Crippen LogP contribution in [0.25, 0.3) is 0 Å². The average molecular weight is 138 g/mol. The Morgan fingerprint density at radius 2 is 2.50 bits per heavy atom. The van der Waals surface area contributed by atoms with Gasteiger partial charge in [0.25, 0.3) is 0 Å². The molecule has 3 heteroatoms. The minimum atomic E-state index is 0.243. The first-order valence-electron chi connectivity index (χ1n) is 2.89. The minimum Gasteiger partial charge on any atom is -0.463 e. The monoisotopic (exact) mass is 138 g/mol. The fourth-order valence-electron chi connectivity index (χ4n) is 0.373. The Hall–Kier alpha value is -1.34. The molecule has 0 aromatic carbocycles. The first-order valence-corrected chi connectivity index (χ1v) is 2.89. The predicted molar refractivity (Wildman–Crippen MR) is 42.3 cm³/mol. The Bertz CT molecular complexity index is 178. The molecule has 0 amide bonds. The number of amidine groups is 1. The van der Waals surface area contributed by atoms with Crippen molar-refractivity contribution in [3.05, 3.63) is 19.4 Å². The summed E-state index contributed by atoms with van der Waals surface area (Å²) in [7, 11) is 0. The summed E-state index contributed by atoms with van der Waals surface area (Å²) in [5.74, 6) is 2.31. The molecule has 0 saturated carbocycles. The molecule has 0 aromatic rings. The Balaban J connectivity index is 4.09. The lowest BCUT2D eigenvalue weighted by atomic mass is 10.8. The standard InChI is InChI=1S/C7H10N2O/c1-4-8-7(9-5-2)10-6-3/h4H,1-2,6H2,3H3. The zero-order chi connectivity index (χ0) is 7.82. The van der Waals surface area contributed by atoms with E-state index in [4.69, 9.17) is 4.74 Å². The van der Waals surface area contributed by atoms with Gasteiger partial charge < -0.3 is 4.74 Å². The molecule has 54 valence electrons. The van der Waals surface area contributed by atoms with Gasteiger partial charge in [0.05, 0.1) is 6.61 Å². The number of aliphatic imine (C=N–C) groups is 2. The van der Waals surface area contributed by atoms with Crippen LogP contribution in [-0.4, -0.2) is 18.5 Å². The van der Waals surface area contributed by atoms with E-state index in [0.717, 1.165) is 0 Å². The van der Waals surface area contributed by atoms with E-state index in [1.54, 1.807) is 0 Å². The molecule has 0 bridgehead atoms. The van der Waals surface area contributed by atoms with Gasteiger partial charge in [-0.25, -0.2) is 4.99 Å². The van der Waals surface area contributed by atoms with Crippen LogP contribution in [0.4, 0.5) is 0 Å². The molecule has 3 nitrogen and oxygen atoms in total. The summed E-state index contributed by atoms with van der Waals surface area (Å²) in [5.41, 5.74) is 0. The Morgan fingerprint density at radius 1 is 1.80 bits per heavy atom. The van der Waals surface area contributed by atoms with Gasteiger partial charge in [-0.05, 0) is 19.4 Å². The second-order valence-electron chi connectivity index (χ2n) is 1.30. The third kappa shape index (κ3) is 3.64. The van der Waals surface area contributed by atoms with Crippen LogP contribution in [0.2, 0.25) is 0 Å². The van der Waals surface area contributed by atoms with Gasteiger partial charge >= 0.3 is 6.02 Å². The summed E-state index contributed by atoms with van der Waals surface area (Å²) >= 11 is 0. The first-order chi connectivity index (χ1) is 4.85. The number of hydrogen-bond acceptors (Lipinski definition) is 2. The molecular formula is C7H10N2O. The van der Waals surface area contributed by atoms with Crippen LogP contribution in [0.15, 0.2) is 29.3 Å². The molecule has 0 spiro atoms. The number of nitrogens with zero attached hydrogens (tertiary/aromatic N) is 2. The van der Waals surface area contributed by atoms with E-state index in [0.29, 0.717) is 6.61 Å². The average Bonchev–Trinajstić information content (AvgIpc) is 1.90. The van der Waals surface area contributed by atoms with Crippen molar-refractivity contribution in [1.29, 1.82) is 0 Å². The van der Waals surface area contributed by atoms with Crippen molar-refractivity contribution in [3.8, 4) is 0 Å². The van der Waals surface area contributed by atoms with E-state index in [9.17, 15) is 0 Å². The second-order valence-corrected chi connectivity index (χ2v) is 1.30. The van der Waals surface area contributed by atoms with Gasteiger partial charge in [-0.15, -0.1) is 0 Å². The van der Waals surface area contributed by atoms with Crippen molar-refractivity contribution >= 4 is 11.9 Å². The van der Waals surface area contributed by atoms with E-state index >= 15 is 0 Å². The van der Waals surface area contributed by atoms with Crippen LogP contribution in [0.5, 0.6) is 0 Å². The lowest BCUT2D eigenvalue weighted by molar-refractivity contribution is 0.322. The van der Waals surface area contributed by atoms with Crippen molar-refractivity contribution in [2.24, 2.45) is 9.98 Å². The maximum atomic E-state index is 4.93. The van der Waals surface area contributed by atoms with Crippen LogP contribution < -0.4 is 0 Å². The summed E-state index contributed by atoms with van der Waals surface area (Å²) in [6, 6.07) is 0.243. The van der Waals surface area contributed by atoms with Gasteiger partial charge in [0.2, 0.25) is 0 Å². The molecule has 0 radical (unpaired) electrons. The van der Waals surface area contributed by atoms with Gasteiger partial charge in [-0.1, -0.05) is 6.58 Å². The van der Waals surface area contributed by atoms with E-state index < -0.39 is 0 Å². The highest BCUT2D eigenvalue weighted by Gasteiger charge is 1.89. The van der Waals surface area contributed by atoms with Crippen molar-refractivity contribution in [3.63, 3.8) is 0 Å². The van der Waals surface area contributed by atoms with Gasteiger partial charge in [0.15, 0.2) is 0 Å². The van der Waals surface area contributed by atoms with Crippen LogP contribution in [0, 0.1) is 0 Å². The molecule has 0 saturated heterocycles. The normalized spacial score (nSPS) is 9.90. The van der Waals surface area contributed by atoms with Gasteiger partial charge in [0.1, 0.15) is 0 Å². The third-order valence-corrected chi connectivity index (χ3v) is 0.650. The first kappa shape index (κ1) is 8.66. The molecule has 0 rings (SSSR count). The molecule has 0 aliphatic heterocycles. The largest absolute Gasteiger partial charge is 0.463 e. The molecule has 0 aliphatic carbocycles. The Kier molecular flexibility index (Phi) is 5.01. The lowest BCUT2D eigenvalue weighted by Gasteiger charge is -1.96. The van der Waals surface area contributed by atoms with Crippen molar-refractivity contribution < 1.29 is 4.74 Å². The highest BCUT2D eigenvalue weighted by molar-refractivity contribution is 5.81. The summed E-state index contributed by atoms with van der Waals surface area (Å²) in [4.78, 5) is 7.29. The summed E-state index contributed by atoms with van der Waals surface area (Å²) in [5, 5.41) is 0. The van der Waals surface area contributed by atoms with Gasteiger partial charge in [-0.2, -0.15) is 4.99 Å². The zero-order valence-electron chi connectivity index (χ0n) is 6.00. The number of hydrogen-bond donors (Lipinski definition) is 0. The zero-order valence-corrected chi connectivity index (χ0v) is 6.00. The van der Waals surface area contributed by atoms with Crippen LogP contribution in [0.3, 0.4) is 0 Å². The lowest BCUT2D eigenvalue weighted by Crippen LogP contribution is -1.99. The molecule has 0 unspecified atom stereocenters. The predicted octanol–water partition coefficient (Wildman–Crippen LogP) is 1.38. The smallest absolute Gasteiger partial charge is 0.324 e. The molecule has 0 aromatic heterocycles. The Labute approximate surface area is 60.5 Å². The van der Waals surface area contributed by atoms with Crippen LogP contribution in [0.1, 0.15) is 6.92 Å². The van der Waals surface area contributed by atoms with E-state index in [2.05, 4.69) is 29.0 Å². The maximum absolute atomic E-state index is 4.93. The highest BCUT2D eigenvalue weighted by Crippen LogP contribution is 1.83. The molecule has 0 fully saturated rings. The fourth-order valence-corrected chi connectivity index (χ4v) is 0.373. The quantitative estimate of drug-likeness (QED) is 0.419. The molecule has 10 heavy (non-hydrogen) atoms. The van der Waals surface area contributed by atoms with Crippen LogP contribution in [-0.2, 0) is 4.74 Å². The third-order valence-electron chi connectivity index (χ3n) is 0.650. The SMILES string of the molecule is C=C=NC(=NC=C)OCC. The summed E-state index contributed by atoms with van der Waals surface area (Å²) < 4.78 is 4.93. The molecule has 0 aliphatic rings. The molecule has 0 heterocycles. The van der Waals surface area contributed by atoms with Crippen LogP contribution >= 0.6 is 0 Å². The highest BCUT2D eigenvalue weighted by atomic mass is 16.5. The van der Waals surface area contributed by atoms with Crippen molar-refractivity contribution in [1.82, 2.24) is 0 Å². The van der Waals surface area contributed by atoms with Gasteiger partial charge in [0, 0.05) is 6.20 Å². The molecule has 0 N–H and O–H groups in total. The number of rotatable bonds is 2. The topological polar surface area (TPSA) is 34.0 Å². The minimum absolute atomic E-state index is 0.243. The fraction of sp³-hybridized carbons (Fsp3) is 0.286. The Morgan fingerprint density at radius 3 is 2.90 bits per heavy atom. The molecular weight excluding hydrogens is 128 g/mol. The summed E-state index contributed by atoms with van der Waals surface area (Å²) in [6.07, 6.45) is 1.35. The van der Waals surface area contributed by atoms with Crippen molar-refractivity contribution in [2.75, 3.05) is 6.61 Å². The maximum Gasteiger partial charge on any atom is 0.324 e. The van der Waals surface area contributed by atoms with Gasteiger partial charge in [-0.3, -0.25) is 0 Å². The molecule has 0 atom stereocenters. The van der Waals surface area contributed by atoms with E-state index in [-0.39, 0.29) is 6.02 Å². The second kappa shape index (κ2) is 5.79. The van der Waals surface area contributed by atoms with E-state index in [1.807, 2.05) is 6.92 Å². The van der Waals surface area contributed by atoms with Crippen molar-refractivity contribution in [2.45, 2.75) is 6.92 Å². The van der Waals surface area contributed by atoms with E-state index in [1.165, 1.54) is 6.20 Å². The number of ether oxygens (including phenoxy) is 1. The summed E-state index contributed by atoms with van der Waals surface area (Å²) in [6.45, 7) is 9.04.